The molecule has 6 aliphatic heterocycles. The first-order valence-corrected chi connectivity index (χ1v) is 30.3. The summed E-state index contributed by atoms with van der Waals surface area (Å²) < 4.78 is 173. The third-order valence-electron chi connectivity index (χ3n) is 10.8. The van der Waals surface area contributed by atoms with Crippen molar-refractivity contribution >= 4 is 59.9 Å². The van der Waals surface area contributed by atoms with E-state index in [4.69, 9.17) is 66.2 Å². The molecular weight excluding hydrogens is 1300 g/mol. The number of rotatable bonds is 16. The summed E-state index contributed by atoms with van der Waals surface area (Å²) in [6.45, 7) is 34.2. The topological polar surface area (TPSA) is 231 Å². The van der Waals surface area contributed by atoms with Crippen LogP contribution in [0.25, 0.3) is 9.69 Å². The number of nitrogens with zero attached hydrogens (tertiary/aromatic N) is 12. The second kappa shape index (κ2) is 43.5. The third kappa shape index (κ3) is 49.4. The van der Waals surface area contributed by atoms with E-state index in [1.807, 2.05) is 6.92 Å². The molecule has 6 saturated heterocycles. The Kier molecular flexibility index (Phi) is 44.2. The number of hydrogen-bond donors (Lipinski definition) is 0. The first kappa shape index (κ1) is 88.3. The van der Waals surface area contributed by atoms with Crippen molar-refractivity contribution in [2.45, 2.75) is 84.8 Å². The second-order valence-electron chi connectivity index (χ2n) is 17.0. The Balaban J connectivity index is -0.000000502. The molecule has 87 heavy (non-hydrogen) atoms. The Morgan fingerprint density at radius 2 is 0.736 bits per heavy atom. The van der Waals surface area contributed by atoms with Crippen LogP contribution in [0.1, 0.15) is 65.7 Å². The molecule has 0 aliphatic carbocycles. The van der Waals surface area contributed by atoms with Gasteiger partial charge in [0.05, 0.1) is 63.2 Å². The summed E-state index contributed by atoms with van der Waals surface area (Å²) in [6.07, 6.45) is 6.72. The summed E-state index contributed by atoms with van der Waals surface area (Å²) in [5, 5.41) is 20.2. The van der Waals surface area contributed by atoms with Gasteiger partial charge >= 0.3 is 117 Å². The van der Waals surface area contributed by atoms with Crippen molar-refractivity contribution < 1.29 is 134 Å². The smallest absolute Gasteiger partial charge is 0.398 e. The predicted octanol–water partition coefficient (Wildman–Crippen LogP) is 1.34. The van der Waals surface area contributed by atoms with Crippen molar-refractivity contribution in [3.8, 4) is 6.07 Å². The molecule has 0 saturated carbocycles. The van der Waals surface area contributed by atoms with Gasteiger partial charge in [-0.15, -0.1) is 0 Å². The van der Waals surface area contributed by atoms with Crippen LogP contribution < -0.4 is 14.1 Å². The van der Waals surface area contributed by atoms with Gasteiger partial charge in [-0.2, -0.15) is 9.59 Å². The summed E-state index contributed by atoms with van der Waals surface area (Å²) in [4.78, 5) is 75.6. The summed E-state index contributed by atoms with van der Waals surface area (Å²) in [5.41, 5.74) is 0.333. The summed E-state index contributed by atoms with van der Waals surface area (Å²) in [5.74, 6) is -1.79. The number of morpholine rings is 3. The van der Waals surface area contributed by atoms with E-state index in [0.717, 1.165) is 104 Å². The van der Waals surface area contributed by atoms with Gasteiger partial charge in [-0.05, 0) is 58.8 Å². The molecule has 0 radical (unpaired) electrons. The molecule has 0 aromatic carbocycles. The summed E-state index contributed by atoms with van der Waals surface area (Å²) >= 11 is 0. The SMILES string of the molecule is CCOC(=O)C(CC)=NOC(N1CCCC1)N1CCOCC1.FP(F)(F)(F)F.FP(F)(F)(F)F.FP(F)(F)(F)F.O=C=O.[C-]#[N+]C(=NOC(N1CCCC1)N1CCOCC1)C(=O)OCC.[C-]#[N+]C(C#N)=NOC(N1CCCC1)N1CCOCC1.[F-].[F-].[F-]. The van der Waals surface area contributed by atoms with E-state index in [1.165, 1.54) is 12.8 Å². The largest absolute Gasteiger partial charge is 1.00 e. The molecule has 510 valence electrons. The van der Waals surface area contributed by atoms with Crippen molar-refractivity contribution in [3.63, 3.8) is 0 Å². The minimum absolute atomic E-state index is 0. The average molecular weight is 1370 g/mol. The molecule has 3 atom stereocenters. The number of amidine groups is 2. The van der Waals surface area contributed by atoms with E-state index in [1.54, 1.807) is 19.9 Å². The molecule has 24 nitrogen and oxygen atoms in total. The maximum atomic E-state index is 11.8. The van der Waals surface area contributed by atoms with Gasteiger partial charge in [0.2, 0.25) is 6.35 Å². The quantitative estimate of drug-likeness (QED) is 0.0404. The fraction of sp³-hybridized carbons (Fsp3) is 0.786. The van der Waals surface area contributed by atoms with Gasteiger partial charge in [0.1, 0.15) is 6.07 Å². The maximum absolute atomic E-state index is 11.8. The molecule has 0 aromatic rings. The number of likely N-dealkylation sites (tertiary alicyclic amines) is 3. The normalized spacial score (nSPS) is 20.5. The average Bonchev–Trinajstić information content (AvgIpc) is 4.26. The predicted molar refractivity (Wildman–Crippen MR) is 271 cm³/mol. The molecular formula is C42H66F18N12O12P3-3. The van der Waals surface area contributed by atoms with E-state index >= 15 is 0 Å². The van der Waals surface area contributed by atoms with Crippen molar-refractivity contribution in [2.24, 2.45) is 15.5 Å². The number of oxime groups is 3. The number of hydrogen-bond acceptors (Lipinski definition) is 22. The number of carbonyl (C=O) groups excluding carboxylic acids is 4. The van der Waals surface area contributed by atoms with Crippen LogP contribution in [0.3, 0.4) is 0 Å². The number of nitriles is 1. The molecule has 6 aliphatic rings. The Bertz CT molecular complexity index is 2110. The molecule has 6 rings (SSSR count). The van der Waals surface area contributed by atoms with Crippen LogP contribution in [0.15, 0.2) is 15.5 Å². The van der Waals surface area contributed by atoms with Crippen LogP contribution in [-0.2, 0) is 57.4 Å². The zero-order chi connectivity index (χ0) is 64.1. The fourth-order valence-corrected chi connectivity index (χ4v) is 7.51. The van der Waals surface area contributed by atoms with Crippen LogP contribution >= 0.6 is 24.5 Å². The Morgan fingerprint density at radius 1 is 0.483 bits per heavy atom. The van der Waals surface area contributed by atoms with Crippen LogP contribution in [0.5, 0.6) is 0 Å². The first-order valence-electron chi connectivity index (χ1n) is 25.2. The van der Waals surface area contributed by atoms with Crippen LogP contribution in [0.2, 0.25) is 0 Å². The van der Waals surface area contributed by atoms with Gasteiger partial charge < -0.3 is 52.3 Å². The number of carbonyl (C=O) groups is 2. The van der Waals surface area contributed by atoms with Crippen molar-refractivity contribution in [1.82, 2.24) is 29.4 Å². The second-order valence-corrected chi connectivity index (χ2v) is 20.8. The Labute approximate surface area is 488 Å². The van der Waals surface area contributed by atoms with Gasteiger partial charge in [-0.1, -0.05) is 25.2 Å². The minimum atomic E-state index is -8.55. The third-order valence-corrected chi connectivity index (χ3v) is 10.8. The molecule has 45 heteroatoms. The zero-order valence-corrected chi connectivity index (χ0v) is 49.4. The number of ether oxygens (including phenoxy) is 5. The molecule has 0 aromatic heterocycles. The van der Waals surface area contributed by atoms with E-state index in [9.17, 15) is 72.5 Å². The molecule has 6 heterocycles. The minimum Gasteiger partial charge on any atom is -1.00 e. The van der Waals surface area contributed by atoms with Crippen molar-refractivity contribution in [1.29, 1.82) is 5.26 Å². The summed E-state index contributed by atoms with van der Waals surface area (Å²) in [6, 6.07) is 1.71. The summed E-state index contributed by atoms with van der Waals surface area (Å²) in [7, 11) is -25.6. The van der Waals surface area contributed by atoms with Crippen molar-refractivity contribution in [2.75, 3.05) is 131 Å². The Morgan fingerprint density at radius 3 is 0.977 bits per heavy atom. The van der Waals surface area contributed by atoms with E-state index < -0.39 is 36.4 Å². The van der Waals surface area contributed by atoms with Crippen molar-refractivity contribution in [3.05, 3.63) is 22.8 Å². The van der Waals surface area contributed by atoms with Gasteiger partial charge in [0.25, 0.3) is 12.7 Å². The molecule has 6 fully saturated rings. The molecule has 0 bridgehead atoms. The van der Waals surface area contributed by atoms with E-state index in [0.29, 0.717) is 58.4 Å². The van der Waals surface area contributed by atoms with E-state index in [2.05, 4.69) is 54.6 Å². The van der Waals surface area contributed by atoms with E-state index in [-0.39, 0.29) is 57.6 Å². The van der Waals surface area contributed by atoms with Gasteiger partial charge in [0, 0.05) is 78.5 Å². The number of halogens is 18. The van der Waals surface area contributed by atoms with Gasteiger partial charge in [0.15, 0.2) is 5.71 Å². The monoisotopic (exact) mass is 1370 g/mol. The Hall–Kier alpha value is -5.13. The first-order chi connectivity index (χ1) is 39.0. The van der Waals surface area contributed by atoms with Gasteiger partial charge in [-0.3, -0.25) is 29.2 Å². The fourth-order valence-electron chi connectivity index (χ4n) is 7.51. The molecule has 0 N–H and O–H groups in total. The van der Waals surface area contributed by atoms with Gasteiger partial charge in [-0.25, -0.2) is 24.8 Å². The molecule has 0 spiro atoms. The standard InChI is InChI=1S/C15H27N3O4.C14H22N4O4.C12H17N5O2.CO2.3F5P.3FH/c1-3-13(14(19)21-4-2)16-22-15(17-7-5-6-8-17)18-9-11-20-12-10-18;1-3-21-13(19)12(15-2)16-22-14(17-6-4-5-7-17)18-8-10-20-11-9-18;1-14-11(10-13)15-19-12(16-4-2-3-5-16)17-6-8-18-9-7-17;2-1-3;3*1-6(2,3,4)5;;;/h15H,3-12H2,1-2H3;14H,3-11H2,1H3;12H,2-9H2;;;;;3*1H/p-3. The number of esters is 2. The zero-order valence-electron chi connectivity index (χ0n) is 46.7. The van der Waals surface area contributed by atoms with Crippen LogP contribution in [0, 0.1) is 24.5 Å². The molecule has 3 unspecified atom stereocenters. The van der Waals surface area contributed by atoms with Crippen LogP contribution in [-0.4, -0.2) is 215 Å². The maximum Gasteiger partial charge on any atom is 0.398 e. The van der Waals surface area contributed by atoms with Crippen LogP contribution in [0.4, 0.5) is 63.0 Å². The molecule has 0 amide bonds.